The van der Waals surface area contributed by atoms with E-state index in [0.29, 0.717) is 10.4 Å². The van der Waals surface area contributed by atoms with Crippen LogP contribution in [0.25, 0.3) is 0 Å². The van der Waals surface area contributed by atoms with Crippen LogP contribution in [0.4, 0.5) is 0 Å². The van der Waals surface area contributed by atoms with Gasteiger partial charge in [-0.2, -0.15) is 0 Å². The molecule has 0 fully saturated rings. The Morgan fingerprint density at radius 2 is 2.64 bits per heavy atom. The summed E-state index contributed by atoms with van der Waals surface area (Å²) >= 11 is 1.10. The van der Waals surface area contributed by atoms with Gasteiger partial charge in [-0.1, -0.05) is 0 Å². The van der Waals surface area contributed by atoms with Crippen molar-refractivity contribution < 1.29 is 14.1 Å². The van der Waals surface area contributed by atoms with Gasteiger partial charge in [-0.15, -0.1) is 0 Å². The second-order valence-corrected chi connectivity index (χ2v) is 3.20. The van der Waals surface area contributed by atoms with E-state index < -0.39 is 5.97 Å². The van der Waals surface area contributed by atoms with E-state index in [1.54, 1.807) is 13.0 Å². The minimum absolute atomic E-state index is 0.249. The zero-order valence-corrected chi connectivity index (χ0v) is 8.81. The molecular formula is C6H6NO3Sn. The molecule has 0 saturated heterocycles. The molecule has 0 amide bonds. The third-order valence-electron chi connectivity index (χ3n) is 0.995. The maximum atomic E-state index is 10.9. The summed E-state index contributed by atoms with van der Waals surface area (Å²) in [6, 6.07) is 1.58. The van der Waals surface area contributed by atoms with Crippen LogP contribution >= 0.6 is 0 Å². The molecule has 0 unspecified atom stereocenters. The molecule has 4 nitrogen and oxygen atoms in total. The Morgan fingerprint density at radius 1 is 1.91 bits per heavy atom. The van der Waals surface area contributed by atoms with E-state index in [4.69, 9.17) is 4.52 Å². The Balaban J connectivity index is 2.69. The van der Waals surface area contributed by atoms with E-state index in [-0.39, 0.29) is 5.69 Å². The van der Waals surface area contributed by atoms with E-state index >= 15 is 0 Å². The fraction of sp³-hybridized carbons (Fsp3) is 0.333. The van der Waals surface area contributed by atoms with Gasteiger partial charge in [0.15, 0.2) is 0 Å². The zero-order chi connectivity index (χ0) is 8.27. The third kappa shape index (κ3) is 2.21. The number of rotatable bonds is 2. The molecule has 0 aliphatic carbocycles. The van der Waals surface area contributed by atoms with Gasteiger partial charge >= 0.3 is 76.8 Å². The molecule has 5 heteroatoms. The first-order chi connectivity index (χ1) is 5.24. The van der Waals surface area contributed by atoms with E-state index in [0.717, 1.165) is 22.5 Å². The Kier molecular flexibility index (Phi) is 2.92. The van der Waals surface area contributed by atoms with Crippen LogP contribution in [0.2, 0.25) is 0 Å². The van der Waals surface area contributed by atoms with Crippen molar-refractivity contribution in [3.63, 3.8) is 0 Å². The van der Waals surface area contributed by atoms with Crippen LogP contribution in [-0.4, -0.2) is 40.3 Å². The standard InChI is InChI=1S/C6H6NO3.Sn/c1-2-9-6(8)5-3-4-10-7-5;/h3H,2H2,1H3;. The first-order valence-corrected chi connectivity index (χ1v) is 4.52. The quantitative estimate of drug-likeness (QED) is 0.537. The Bertz CT molecular complexity index is 258. The SMILES string of the molecule is CCOC(=O)c1c[c]([Sn])on1. The molecule has 0 aromatic carbocycles. The number of hydrogen-bond donors (Lipinski definition) is 0. The van der Waals surface area contributed by atoms with Gasteiger partial charge < -0.3 is 0 Å². The topological polar surface area (TPSA) is 52.3 Å². The first-order valence-electron chi connectivity index (χ1n) is 3.09. The number of ether oxygens (including phenoxy) is 1. The summed E-state index contributed by atoms with van der Waals surface area (Å²) in [6.07, 6.45) is 0. The molecule has 0 saturated carbocycles. The Labute approximate surface area is 77.0 Å². The molecule has 3 radical (unpaired) electrons. The molecular weight excluding hydrogens is 253 g/mol. The van der Waals surface area contributed by atoms with Crippen LogP contribution in [0, 0.1) is 0 Å². The molecule has 1 aromatic heterocycles. The van der Waals surface area contributed by atoms with Crippen LogP contribution in [0.5, 0.6) is 0 Å². The van der Waals surface area contributed by atoms with Crippen LogP contribution < -0.4 is 3.78 Å². The predicted octanol–water partition coefficient (Wildman–Crippen LogP) is -0.355. The van der Waals surface area contributed by atoms with Gasteiger partial charge in [0.1, 0.15) is 0 Å². The molecule has 0 spiro atoms. The van der Waals surface area contributed by atoms with Gasteiger partial charge in [0.25, 0.3) is 0 Å². The second kappa shape index (κ2) is 3.75. The van der Waals surface area contributed by atoms with Crippen molar-refractivity contribution in [2.45, 2.75) is 6.92 Å². The monoisotopic (exact) mass is 260 g/mol. The van der Waals surface area contributed by atoms with Crippen molar-refractivity contribution in [2.24, 2.45) is 0 Å². The first kappa shape index (κ1) is 8.57. The summed E-state index contributed by atoms with van der Waals surface area (Å²) in [5.41, 5.74) is 0.249. The second-order valence-electron chi connectivity index (χ2n) is 1.80. The number of aromatic nitrogens is 1. The van der Waals surface area contributed by atoms with Crippen molar-refractivity contribution in [2.75, 3.05) is 6.61 Å². The maximum absolute atomic E-state index is 10.9. The molecule has 0 aliphatic rings. The van der Waals surface area contributed by atoms with Crippen molar-refractivity contribution >= 4 is 32.3 Å². The van der Waals surface area contributed by atoms with E-state index in [9.17, 15) is 4.79 Å². The van der Waals surface area contributed by atoms with Gasteiger partial charge in [-0.25, -0.2) is 0 Å². The molecule has 57 valence electrons. The molecule has 0 atom stereocenters. The van der Waals surface area contributed by atoms with Crippen molar-refractivity contribution in [3.8, 4) is 0 Å². The summed E-state index contributed by atoms with van der Waals surface area (Å²) in [7, 11) is 0. The molecule has 1 aromatic rings. The summed E-state index contributed by atoms with van der Waals surface area (Å²) in [5.74, 6) is -0.426. The normalized spacial score (nSPS) is 9.64. The van der Waals surface area contributed by atoms with E-state index in [2.05, 4.69) is 9.89 Å². The molecule has 0 aliphatic heterocycles. The molecule has 1 rings (SSSR count). The van der Waals surface area contributed by atoms with Crippen molar-refractivity contribution in [1.82, 2.24) is 5.16 Å². The van der Waals surface area contributed by atoms with Gasteiger partial charge in [0, 0.05) is 0 Å². The van der Waals surface area contributed by atoms with Crippen molar-refractivity contribution in [1.29, 1.82) is 0 Å². The molecule has 0 bridgehead atoms. The average Bonchev–Trinajstić information content (AvgIpc) is 2.36. The van der Waals surface area contributed by atoms with Gasteiger partial charge in [-0.05, 0) is 0 Å². The van der Waals surface area contributed by atoms with Gasteiger partial charge in [0.05, 0.1) is 0 Å². The number of esters is 1. The minimum atomic E-state index is -0.426. The number of nitrogens with zero attached hydrogens (tertiary/aromatic N) is 1. The number of carbonyl (C=O) groups is 1. The zero-order valence-electron chi connectivity index (χ0n) is 5.96. The fourth-order valence-electron chi connectivity index (χ4n) is 0.576. The van der Waals surface area contributed by atoms with Crippen LogP contribution in [0.1, 0.15) is 17.4 Å². The van der Waals surface area contributed by atoms with Gasteiger partial charge in [-0.3, -0.25) is 0 Å². The fourth-order valence-corrected chi connectivity index (χ4v) is 1.10. The molecule has 11 heavy (non-hydrogen) atoms. The van der Waals surface area contributed by atoms with Crippen LogP contribution in [0.3, 0.4) is 0 Å². The number of hydrogen-bond acceptors (Lipinski definition) is 4. The van der Waals surface area contributed by atoms with Crippen LogP contribution in [-0.2, 0) is 4.74 Å². The van der Waals surface area contributed by atoms with Gasteiger partial charge in [0.2, 0.25) is 0 Å². The summed E-state index contributed by atoms with van der Waals surface area (Å²) in [5, 5.41) is 3.51. The van der Waals surface area contributed by atoms with E-state index in [1.165, 1.54) is 0 Å². The molecule has 0 N–H and O–H groups in total. The van der Waals surface area contributed by atoms with Crippen LogP contribution in [0.15, 0.2) is 10.6 Å². The number of carbonyl (C=O) groups excluding carboxylic acids is 1. The Hall–Kier alpha value is -0.521. The summed E-state index contributed by atoms with van der Waals surface area (Å²) < 4.78 is 10.1. The summed E-state index contributed by atoms with van der Waals surface area (Å²) in [6.45, 7) is 2.11. The van der Waals surface area contributed by atoms with Crippen molar-refractivity contribution in [3.05, 3.63) is 11.8 Å². The Morgan fingerprint density at radius 3 is 3.09 bits per heavy atom. The molecule has 1 heterocycles. The predicted molar refractivity (Wildman–Crippen MR) is 37.8 cm³/mol. The third-order valence-corrected chi connectivity index (χ3v) is 1.67. The van der Waals surface area contributed by atoms with E-state index in [1.807, 2.05) is 0 Å². The summed E-state index contributed by atoms with van der Waals surface area (Å²) in [4.78, 5) is 10.9. The average molecular weight is 259 g/mol.